The maximum Gasteiger partial charge on any atom is 0.0575 e. The Morgan fingerprint density at radius 3 is 3.09 bits per heavy atom. The molecule has 1 saturated carbocycles. The molecular formula is C8H12N2S. The summed E-state index contributed by atoms with van der Waals surface area (Å²) in [6, 6.07) is 2.22. The first-order valence-electron chi connectivity index (χ1n) is 4.05. The highest BCUT2D eigenvalue weighted by Gasteiger charge is 2.25. The molecule has 0 aliphatic heterocycles. The number of hydrogen-bond acceptors (Lipinski definition) is 3. The van der Waals surface area contributed by atoms with E-state index in [2.05, 4.69) is 10.4 Å². The van der Waals surface area contributed by atoms with E-state index in [0.717, 1.165) is 18.9 Å². The molecule has 0 unspecified atom stereocenters. The number of hydrogen-bond donors (Lipinski definition) is 1. The van der Waals surface area contributed by atoms with E-state index in [1.807, 2.05) is 0 Å². The lowest BCUT2D eigenvalue weighted by atomic mass is 10.2. The first kappa shape index (κ1) is 7.25. The zero-order chi connectivity index (χ0) is 7.68. The molecule has 0 aromatic carbocycles. The largest absolute Gasteiger partial charge is 0.330 e. The Hall–Kier alpha value is -0.410. The summed E-state index contributed by atoms with van der Waals surface area (Å²) in [6.45, 7) is 0.742. The first-order valence-corrected chi connectivity index (χ1v) is 4.83. The van der Waals surface area contributed by atoms with Crippen molar-refractivity contribution in [1.82, 2.24) is 4.37 Å². The molecule has 0 radical (unpaired) electrons. The quantitative estimate of drug-likeness (QED) is 0.743. The average Bonchev–Trinajstić information content (AvgIpc) is 2.75. The van der Waals surface area contributed by atoms with Crippen LogP contribution in [-0.2, 0) is 6.42 Å². The molecular weight excluding hydrogens is 156 g/mol. The van der Waals surface area contributed by atoms with E-state index >= 15 is 0 Å². The number of rotatable bonds is 3. The summed E-state index contributed by atoms with van der Waals surface area (Å²) < 4.78 is 4.38. The van der Waals surface area contributed by atoms with Crippen molar-refractivity contribution in [2.45, 2.75) is 25.2 Å². The molecule has 1 heterocycles. The zero-order valence-electron chi connectivity index (χ0n) is 6.42. The van der Waals surface area contributed by atoms with Crippen molar-refractivity contribution in [3.8, 4) is 0 Å². The van der Waals surface area contributed by atoms with Gasteiger partial charge in [0.1, 0.15) is 0 Å². The molecule has 1 aromatic rings. The van der Waals surface area contributed by atoms with Gasteiger partial charge in [0.05, 0.1) is 5.69 Å². The molecule has 1 aliphatic carbocycles. The van der Waals surface area contributed by atoms with Crippen LogP contribution in [0.15, 0.2) is 6.07 Å². The molecule has 11 heavy (non-hydrogen) atoms. The normalized spacial score (nSPS) is 17.2. The van der Waals surface area contributed by atoms with Gasteiger partial charge in [0, 0.05) is 10.8 Å². The third-order valence-corrected chi connectivity index (χ3v) is 2.82. The van der Waals surface area contributed by atoms with Crippen LogP contribution in [0.4, 0.5) is 0 Å². The summed E-state index contributed by atoms with van der Waals surface area (Å²) in [6.07, 6.45) is 3.67. The fourth-order valence-electron chi connectivity index (χ4n) is 1.16. The van der Waals surface area contributed by atoms with Crippen molar-refractivity contribution >= 4 is 11.5 Å². The Labute approximate surface area is 70.6 Å². The molecule has 2 rings (SSSR count). The molecule has 1 aromatic heterocycles. The SMILES string of the molecule is NCCc1cc(C2CC2)ns1. The van der Waals surface area contributed by atoms with Crippen molar-refractivity contribution in [2.24, 2.45) is 5.73 Å². The molecule has 3 heteroatoms. The van der Waals surface area contributed by atoms with Gasteiger partial charge in [0.25, 0.3) is 0 Å². The third kappa shape index (κ3) is 1.60. The summed E-state index contributed by atoms with van der Waals surface area (Å²) in [4.78, 5) is 1.34. The summed E-state index contributed by atoms with van der Waals surface area (Å²) in [5, 5.41) is 0. The smallest absolute Gasteiger partial charge is 0.0575 e. The number of nitrogens with two attached hydrogens (primary N) is 1. The number of aromatic nitrogens is 1. The monoisotopic (exact) mass is 168 g/mol. The van der Waals surface area contributed by atoms with Crippen LogP contribution in [0, 0.1) is 0 Å². The molecule has 1 aliphatic rings. The fraction of sp³-hybridized carbons (Fsp3) is 0.625. The first-order chi connectivity index (χ1) is 5.40. The summed E-state index contributed by atoms with van der Waals surface area (Å²) in [5.74, 6) is 0.790. The molecule has 1 fully saturated rings. The minimum absolute atomic E-state index is 0.742. The van der Waals surface area contributed by atoms with Crippen molar-refractivity contribution in [1.29, 1.82) is 0 Å². The van der Waals surface area contributed by atoms with Gasteiger partial charge in [0.15, 0.2) is 0 Å². The number of nitrogens with zero attached hydrogens (tertiary/aromatic N) is 1. The highest BCUT2D eigenvalue weighted by atomic mass is 32.1. The van der Waals surface area contributed by atoms with Crippen LogP contribution in [0.1, 0.15) is 29.3 Å². The Morgan fingerprint density at radius 1 is 1.64 bits per heavy atom. The van der Waals surface area contributed by atoms with E-state index in [-0.39, 0.29) is 0 Å². The highest BCUT2D eigenvalue weighted by Crippen LogP contribution is 2.40. The standard InChI is InChI=1S/C8H12N2S/c9-4-3-7-5-8(10-11-7)6-1-2-6/h5-6H,1-4,9H2. The minimum Gasteiger partial charge on any atom is -0.330 e. The molecule has 2 N–H and O–H groups in total. The molecule has 0 atom stereocenters. The molecule has 0 bridgehead atoms. The topological polar surface area (TPSA) is 38.9 Å². The van der Waals surface area contributed by atoms with Crippen molar-refractivity contribution in [2.75, 3.05) is 6.54 Å². The second kappa shape index (κ2) is 2.91. The second-order valence-electron chi connectivity index (χ2n) is 3.03. The molecule has 0 saturated heterocycles. The van der Waals surface area contributed by atoms with Gasteiger partial charge in [-0.05, 0) is 43.4 Å². The van der Waals surface area contributed by atoms with Gasteiger partial charge in [-0.15, -0.1) is 0 Å². The van der Waals surface area contributed by atoms with Gasteiger partial charge in [-0.1, -0.05) is 0 Å². The van der Waals surface area contributed by atoms with Gasteiger partial charge in [-0.2, -0.15) is 4.37 Å². The van der Waals surface area contributed by atoms with E-state index in [9.17, 15) is 0 Å². The van der Waals surface area contributed by atoms with Crippen LogP contribution < -0.4 is 5.73 Å². The van der Waals surface area contributed by atoms with Gasteiger partial charge in [-0.3, -0.25) is 0 Å². The van der Waals surface area contributed by atoms with E-state index in [1.54, 1.807) is 11.5 Å². The molecule has 2 nitrogen and oxygen atoms in total. The van der Waals surface area contributed by atoms with Crippen LogP contribution in [0.2, 0.25) is 0 Å². The minimum atomic E-state index is 0.742. The lowest BCUT2D eigenvalue weighted by molar-refractivity contribution is 0.983. The predicted octanol–water partition coefficient (Wildman–Crippen LogP) is 1.52. The summed E-state index contributed by atoms with van der Waals surface area (Å²) in [5.41, 5.74) is 6.74. The highest BCUT2D eigenvalue weighted by molar-refractivity contribution is 7.05. The van der Waals surface area contributed by atoms with Gasteiger partial charge in [-0.25, -0.2) is 0 Å². The van der Waals surface area contributed by atoms with Crippen molar-refractivity contribution in [3.63, 3.8) is 0 Å². The molecule has 0 spiro atoms. The molecule has 60 valence electrons. The van der Waals surface area contributed by atoms with E-state index in [0.29, 0.717) is 0 Å². The van der Waals surface area contributed by atoms with Gasteiger partial charge < -0.3 is 5.73 Å². The van der Waals surface area contributed by atoms with Crippen molar-refractivity contribution < 1.29 is 0 Å². The van der Waals surface area contributed by atoms with E-state index in [1.165, 1.54) is 23.4 Å². The Morgan fingerprint density at radius 2 is 2.45 bits per heavy atom. The maximum atomic E-state index is 5.44. The Balaban J connectivity index is 2.06. The zero-order valence-corrected chi connectivity index (χ0v) is 7.23. The maximum absolute atomic E-state index is 5.44. The van der Waals surface area contributed by atoms with Crippen LogP contribution in [0.25, 0.3) is 0 Å². The summed E-state index contributed by atoms with van der Waals surface area (Å²) >= 11 is 1.61. The average molecular weight is 168 g/mol. The van der Waals surface area contributed by atoms with Gasteiger partial charge >= 0.3 is 0 Å². The van der Waals surface area contributed by atoms with Crippen LogP contribution >= 0.6 is 11.5 Å². The Kier molecular flexibility index (Phi) is 1.92. The van der Waals surface area contributed by atoms with Crippen LogP contribution in [-0.4, -0.2) is 10.9 Å². The lowest BCUT2D eigenvalue weighted by Gasteiger charge is -1.86. The van der Waals surface area contributed by atoms with E-state index < -0.39 is 0 Å². The van der Waals surface area contributed by atoms with Gasteiger partial charge in [0.2, 0.25) is 0 Å². The second-order valence-corrected chi connectivity index (χ2v) is 3.92. The summed E-state index contributed by atoms with van der Waals surface area (Å²) in [7, 11) is 0. The van der Waals surface area contributed by atoms with Crippen LogP contribution in [0.3, 0.4) is 0 Å². The third-order valence-electron chi connectivity index (χ3n) is 1.96. The van der Waals surface area contributed by atoms with E-state index in [4.69, 9.17) is 5.73 Å². The van der Waals surface area contributed by atoms with Crippen molar-refractivity contribution in [3.05, 3.63) is 16.6 Å². The lowest BCUT2D eigenvalue weighted by Crippen LogP contribution is -2.00. The predicted molar refractivity (Wildman–Crippen MR) is 46.8 cm³/mol. The Bertz CT molecular complexity index is 240. The molecule has 0 amide bonds. The van der Waals surface area contributed by atoms with Crippen LogP contribution in [0.5, 0.6) is 0 Å². The fourth-order valence-corrected chi connectivity index (χ4v) is 1.97.